The van der Waals surface area contributed by atoms with Gasteiger partial charge in [-0.1, -0.05) is 42.0 Å². The molecular weight excluding hydrogens is 394 g/mol. The van der Waals surface area contributed by atoms with Crippen molar-refractivity contribution in [3.8, 4) is 0 Å². The second kappa shape index (κ2) is 8.71. The van der Waals surface area contributed by atoms with Crippen LogP contribution in [0.5, 0.6) is 0 Å². The van der Waals surface area contributed by atoms with Crippen molar-refractivity contribution in [2.24, 2.45) is 0 Å². The first-order valence-corrected chi connectivity index (χ1v) is 10.5. The van der Waals surface area contributed by atoms with Crippen molar-refractivity contribution < 1.29 is 19.2 Å². The molecule has 0 saturated carbocycles. The van der Waals surface area contributed by atoms with Crippen LogP contribution in [0.25, 0.3) is 0 Å². The molecule has 7 nitrogen and oxygen atoms in total. The smallest absolute Gasteiger partial charge is 0.261 e. The Kier molecular flexibility index (Phi) is 5.84. The zero-order valence-electron chi connectivity index (χ0n) is 17.5. The summed E-state index contributed by atoms with van der Waals surface area (Å²) in [5, 5.41) is 2.98. The lowest BCUT2D eigenvalue weighted by atomic mass is 10.1. The van der Waals surface area contributed by atoms with Crippen molar-refractivity contribution in [2.75, 3.05) is 19.6 Å². The average Bonchev–Trinajstić information content (AvgIpc) is 3.27. The van der Waals surface area contributed by atoms with Gasteiger partial charge in [-0.2, -0.15) is 0 Å². The zero-order chi connectivity index (χ0) is 22.0. The maximum absolute atomic E-state index is 12.7. The highest BCUT2D eigenvalue weighted by molar-refractivity contribution is 6.21. The number of nitrogens with one attached hydrogen (secondary N) is 1. The van der Waals surface area contributed by atoms with Crippen molar-refractivity contribution in [3.05, 3.63) is 70.8 Å². The van der Waals surface area contributed by atoms with E-state index in [9.17, 15) is 19.2 Å². The highest BCUT2D eigenvalue weighted by atomic mass is 16.2. The molecular formula is C24H25N3O4. The quantitative estimate of drug-likeness (QED) is 0.699. The normalized spacial score (nSPS) is 16.6. The highest BCUT2D eigenvalue weighted by Crippen LogP contribution is 2.24. The van der Waals surface area contributed by atoms with E-state index >= 15 is 0 Å². The lowest BCUT2D eigenvalue weighted by Crippen LogP contribution is -2.40. The van der Waals surface area contributed by atoms with E-state index in [2.05, 4.69) is 5.32 Å². The Hall–Kier alpha value is -3.48. The van der Waals surface area contributed by atoms with Gasteiger partial charge in [0.15, 0.2) is 0 Å². The SMILES string of the molecule is Cc1ccc2c(c1)C(=O)N(CCC(=O)NC(CN1CCCC1=O)c1ccccc1)C2=O. The Morgan fingerprint density at radius 1 is 1.03 bits per heavy atom. The van der Waals surface area contributed by atoms with Crippen molar-refractivity contribution in [1.29, 1.82) is 0 Å². The molecule has 2 aromatic rings. The standard InChI is InChI=1S/C24H25N3O4/c1-16-9-10-18-19(14-16)24(31)27(23(18)30)13-11-21(28)25-20(17-6-3-2-4-7-17)15-26-12-5-8-22(26)29/h2-4,6-7,9-10,14,20H,5,8,11-13,15H2,1H3,(H,25,28). The number of likely N-dealkylation sites (tertiary alicyclic amines) is 1. The van der Waals surface area contributed by atoms with Gasteiger partial charge in [-0.05, 0) is 31.0 Å². The van der Waals surface area contributed by atoms with Crippen LogP contribution in [0.3, 0.4) is 0 Å². The van der Waals surface area contributed by atoms with E-state index in [-0.39, 0.29) is 42.6 Å². The highest BCUT2D eigenvalue weighted by Gasteiger charge is 2.35. The molecule has 4 rings (SSSR count). The number of hydrogen-bond donors (Lipinski definition) is 1. The van der Waals surface area contributed by atoms with Crippen molar-refractivity contribution >= 4 is 23.6 Å². The van der Waals surface area contributed by atoms with Crippen LogP contribution in [0.15, 0.2) is 48.5 Å². The molecule has 31 heavy (non-hydrogen) atoms. The Labute approximate surface area is 181 Å². The number of carbonyl (C=O) groups excluding carboxylic acids is 4. The molecule has 1 fully saturated rings. The molecule has 160 valence electrons. The molecule has 1 N–H and O–H groups in total. The van der Waals surface area contributed by atoms with Crippen LogP contribution in [-0.4, -0.2) is 53.1 Å². The third-order valence-corrected chi connectivity index (χ3v) is 5.80. The van der Waals surface area contributed by atoms with Crippen LogP contribution < -0.4 is 5.32 Å². The minimum absolute atomic E-state index is 0.00172. The number of hydrogen-bond acceptors (Lipinski definition) is 4. The number of carbonyl (C=O) groups is 4. The first kappa shape index (κ1) is 20.8. The van der Waals surface area contributed by atoms with E-state index in [4.69, 9.17) is 0 Å². The van der Waals surface area contributed by atoms with Crippen molar-refractivity contribution in [1.82, 2.24) is 15.1 Å². The number of fused-ring (bicyclic) bond motifs is 1. The molecule has 2 aromatic carbocycles. The van der Waals surface area contributed by atoms with Gasteiger partial charge < -0.3 is 10.2 Å². The van der Waals surface area contributed by atoms with Gasteiger partial charge in [0.25, 0.3) is 11.8 Å². The van der Waals surface area contributed by atoms with E-state index < -0.39 is 0 Å². The topological polar surface area (TPSA) is 86.8 Å². The summed E-state index contributed by atoms with van der Waals surface area (Å²) >= 11 is 0. The zero-order valence-corrected chi connectivity index (χ0v) is 17.5. The maximum atomic E-state index is 12.7. The number of rotatable bonds is 7. The summed E-state index contributed by atoms with van der Waals surface area (Å²) in [5.41, 5.74) is 2.58. The first-order chi connectivity index (χ1) is 14.9. The Bertz CT molecular complexity index is 1030. The minimum Gasteiger partial charge on any atom is -0.347 e. The van der Waals surface area contributed by atoms with E-state index in [1.165, 1.54) is 0 Å². The fourth-order valence-electron chi connectivity index (χ4n) is 4.12. The van der Waals surface area contributed by atoms with Crippen molar-refractivity contribution in [2.45, 2.75) is 32.2 Å². The van der Waals surface area contributed by atoms with Gasteiger partial charge in [0.1, 0.15) is 0 Å². The fraction of sp³-hybridized carbons (Fsp3) is 0.333. The molecule has 2 heterocycles. The number of benzene rings is 2. The van der Waals surface area contributed by atoms with E-state index in [0.29, 0.717) is 30.6 Å². The summed E-state index contributed by atoms with van der Waals surface area (Å²) in [6, 6.07) is 14.3. The maximum Gasteiger partial charge on any atom is 0.261 e. The lowest BCUT2D eigenvalue weighted by molar-refractivity contribution is -0.129. The molecule has 2 aliphatic heterocycles. The predicted octanol–water partition coefficient (Wildman–Crippen LogP) is 2.46. The Balaban J connectivity index is 1.41. The third-order valence-electron chi connectivity index (χ3n) is 5.80. The van der Waals surface area contributed by atoms with Crippen LogP contribution >= 0.6 is 0 Å². The third kappa shape index (κ3) is 4.35. The Morgan fingerprint density at radius 3 is 2.48 bits per heavy atom. The summed E-state index contributed by atoms with van der Waals surface area (Å²) in [6.07, 6.45) is 1.36. The number of nitrogens with zero attached hydrogens (tertiary/aromatic N) is 2. The van der Waals surface area contributed by atoms with Crippen LogP contribution in [0.1, 0.15) is 57.1 Å². The molecule has 0 radical (unpaired) electrons. The number of aryl methyl sites for hydroxylation is 1. The molecule has 2 aliphatic rings. The molecule has 1 atom stereocenters. The van der Waals surface area contributed by atoms with Crippen LogP contribution in [-0.2, 0) is 9.59 Å². The number of imide groups is 1. The summed E-state index contributed by atoms with van der Waals surface area (Å²) < 4.78 is 0. The molecule has 0 aromatic heterocycles. The van der Waals surface area contributed by atoms with Gasteiger partial charge in [0, 0.05) is 32.5 Å². The van der Waals surface area contributed by atoms with Gasteiger partial charge >= 0.3 is 0 Å². The molecule has 0 spiro atoms. The van der Waals surface area contributed by atoms with Gasteiger partial charge in [0.2, 0.25) is 11.8 Å². The molecule has 7 heteroatoms. The van der Waals surface area contributed by atoms with Crippen molar-refractivity contribution in [3.63, 3.8) is 0 Å². The molecule has 0 aliphatic carbocycles. The van der Waals surface area contributed by atoms with Crippen LogP contribution in [0.2, 0.25) is 0 Å². The molecule has 4 amide bonds. The largest absolute Gasteiger partial charge is 0.347 e. The lowest BCUT2D eigenvalue weighted by Gasteiger charge is -2.25. The van der Waals surface area contributed by atoms with Crippen LogP contribution in [0, 0.1) is 6.92 Å². The first-order valence-electron chi connectivity index (χ1n) is 10.5. The summed E-state index contributed by atoms with van der Waals surface area (Å²) in [7, 11) is 0. The minimum atomic E-state index is -0.366. The fourth-order valence-corrected chi connectivity index (χ4v) is 4.12. The van der Waals surface area contributed by atoms with Gasteiger partial charge in [-0.15, -0.1) is 0 Å². The predicted molar refractivity (Wildman–Crippen MR) is 114 cm³/mol. The van der Waals surface area contributed by atoms with Gasteiger partial charge in [-0.3, -0.25) is 24.1 Å². The van der Waals surface area contributed by atoms with Gasteiger partial charge in [0.05, 0.1) is 17.2 Å². The van der Waals surface area contributed by atoms with Crippen LogP contribution in [0.4, 0.5) is 0 Å². The van der Waals surface area contributed by atoms with E-state index in [1.54, 1.807) is 23.1 Å². The second-order valence-corrected chi connectivity index (χ2v) is 8.04. The molecule has 1 unspecified atom stereocenters. The summed E-state index contributed by atoms with van der Waals surface area (Å²) in [5.74, 6) is -0.904. The summed E-state index contributed by atoms with van der Waals surface area (Å²) in [4.78, 5) is 52.9. The van der Waals surface area contributed by atoms with Gasteiger partial charge in [-0.25, -0.2) is 0 Å². The Morgan fingerprint density at radius 2 is 1.77 bits per heavy atom. The molecule has 1 saturated heterocycles. The summed E-state index contributed by atoms with van der Waals surface area (Å²) in [6.45, 7) is 2.97. The van der Waals surface area contributed by atoms with E-state index in [1.807, 2.05) is 37.3 Å². The second-order valence-electron chi connectivity index (χ2n) is 8.04. The van der Waals surface area contributed by atoms with E-state index in [0.717, 1.165) is 22.4 Å². The monoisotopic (exact) mass is 419 g/mol. The average molecular weight is 419 g/mol. The number of amides is 4. The molecule has 0 bridgehead atoms.